The maximum absolute atomic E-state index is 6.13. The molecule has 0 radical (unpaired) electrons. The number of nitrogens with one attached hydrogen (secondary N) is 1. The maximum atomic E-state index is 6.13. The smallest absolute Gasteiger partial charge is 0.138 e. The van der Waals surface area contributed by atoms with E-state index in [0.717, 1.165) is 44.0 Å². The summed E-state index contributed by atoms with van der Waals surface area (Å²) in [5, 5.41) is 3.93. The van der Waals surface area contributed by atoms with Crippen molar-refractivity contribution in [3.63, 3.8) is 0 Å². The lowest BCUT2D eigenvalue weighted by atomic mass is 10.2. The predicted octanol–water partition coefficient (Wildman–Crippen LogP) is 2.75. The highest BCUT2D eigenvalue weighted by atomic mass is 35.5. The van der Waals surface area contributed by atoms with Crippen molar-refractivity contribution in [3.05, 3.63) is 16.5 Å². The third kappa shape index (κ3) is 4.10. The van der Waals surface area contributed by atoms with Gasteiger partial charge in [-0.3, -0.25) is 0 Å². The van der Waals surface area contributed by atoms with Crippen LogP contribution in [0.1, 0.15) is 32.2 Å². The summed E-state index contributed by atoms with van der Waals surface area (Å²) in [7, 11) is 0. The Kier molecular flexibility index (Phi) is 6.36. The monoisotopic (exact) mass is 270 g/mol. The van der Waals surface area contributed by atoms with Crippen molar-refractivity contribution in [1.82, 2.24) is 14.9 Å². The zero-order valence-electron chi connectivity index (χ0n) is 11.8. The molecular formula is C13H23ClN4. The number of halogens is 1. The highest BCUT2D eigenvalue weighted by Crippen LogP contribution is 2.21. The second-order valence-corrected chi connectivity index (χ2v) is 4.55. The van der Waals surface area contributed by atoms with E-state index in [1.807, 2.05) is 6.92 Å². The van der Waals surface area contributed by atoms with Crippen LogP contribution in [0, 0.1) is 6.92 Å². The highest BCUT2D eigenvalue weighted by molar-refractivity contribution is 6.30. The molecule has 0 atom stereocenters. The van der Waals surface area contributed by atoms with Crippen LogP contribution in [0.4, 0.5) is 5.82 Å². The molecule has 0 aromatic carbocycles. The van der Waals surface area contributed by atoms with Gasteiger partial charge in [0.25, 0.3) is 0 Å². The number of anilines is 1. The van der Waals surface area contributed by atoms with Gasteiger partial charge in [0.15, 0.2) is 0 Å². The maximum Gasteiger partial charge on any atom is 0.138 e. The van der Waals surface area contributed by atoms with Crippen LogP contribution in [0.2, 0.25) is 5.15 Å². The summed E-state index contributed by atoms with van der Waals surface area (Å²) in [5.74, 6) is 1.59. The number of nitrogens with zero attached hydrogens (tertiary/aromatic N) is 3. The minimum Gasteiger partial charge on any atom is -0.368 e. The lowest BCUT2D eigenvalue weighted by Gasteiger charge is -2.19. The minimum absolute atomic E-state index is 0.565. The number of hydrogen-bond donors (Lipinski definition) is 1. The Bertz CT molecular complexity index is 377. The summed E-state index contributed by atoms with van der Waals surface area (Å²) in [5.41, 5.74) is 1.00. The van der Waals surface area contributed by atoms with Crippen molar-refractivity contribution in [2.75, 3.05) is 31.5 Å². The molecule has 0 aliphatic heterocycles. The van der Waals surface area contributed by atoms with Crippen molar-refractivity contribution >= 4 is 17.4 Å². The molecule has 0 aliphatic rings. The van der Waals surface area contributed by atoms with Crippen LogP contribution in [0.3, 0.4) is 0 Å². The van der Waals surface area contributed by atoms with Gasteiger partial charge in [0.1, 0.15) is 16.8 Å². The van der Waals surface area contributed by atoms with Gasteiger partial charge in [0, 0.05) is 18.7 Å². The molecule has 0 aliphatic carbocycles. The van der Waals surface area contributed by atoms with Crippen LogP contribution in [0.5, 0.6) is 0 Å². The Morgan fingerprint density at radius 2 is 1.83 bits per heavy atom. The molecule has 0 saturated carbocycles. The Labute approximate surface area is 115 Å². The summed E-state index contributed by atoms with van der Waals surface area (Å²) >= 11 is 6.13. The lowest BCUT2D eigenvalue weighted by molar-refractivity contribution is 0.316. The first-order valence-electron chi connectivity index (χ1n) is 6.61. The molecule has 5 heteroatoms. The van der Waals surface area contributed by atoms with Gasteiger partial charge in [0.2, 0.25) is 0 Å². The predicted molar refractivity (Wildman–Crippen MR) is 77.4 cm³/mol. The molecule has 1 rings (SSSR count). The second kappa shape index (κ2) is 7.54. The molecule has 1 heterocycles. The Balaban J connectivity index is 2.66. The van der Waals surface area contributed by atoms with E-state index in [1.165, 1.54) is 0 Å². The molecule has 0 fully saturated rings. The topological polar surface area (TPSA) is 41.1 Å². The molecular weight excluding hydrogens is 248 g/mol. The van der Waals surface area contributed by atoms with Crippen LogP contribution >= 0.6 is 11.6 Å². The number of likely N-dealkylation sites (N-methyl/N-ethyl adjacent to an activating group) is 1. The zero-order chi connectivity index (χ0) is 13.5. The average Bonchev–Trinajstić information content (AvgIpc) is 2.34. The van der Waals surface area contributed by atoms with E-state index in [4.69, 9.17) is 11.6 Å². The summed E-state index contributed by atoms with van der Waals surface area (Å²) in [6.07, 6.45) is 0.840. The first-order valence-corrected chi connectivity index (χ1v) is 6.99. The Morgan fingerprint density at radius 1 is 1.17 bits per heavy atom. The number of rotatable bonds is 7. The molecule has 1 aromatic heterocycles. The summed E-state index contributed by atoms with van der Waals surface area (Å²) in [6, 6.07) is 0. The van der Waals surface area contributed by atoms with Crippen molar-refractivity contribution in [2.45, 2.75) is 34.1 Å². The molecule has 0 bridgehead atoms. The summed E-state index contributed by atoms with van der Waals surface area (Å²) in [6.45, 7) is 12.3. The standard InChI is InChI=1S/C13H23ClN4/c1-5-11-12(14)16-10(4)17-13(11)15-8-9-18(6-2)7-3/h5-9H2,1-4H3,(H,15,16,17). The fraction of sp³-hybridized carbons (Fsp3) is 0.692. The molecule has 18 heavy (non-hydrogen) atoms. The number of aryl methyl sites for hydroxylation is 1. The first-order chi connectivity index (χ1) is 8.62. The van der Waals surface area contributed by atoms with Crippen LogP contribution in [-0.2, 0) is 6.42 Å². The number of hydrogen-bond acceptors (Lipinski definition) is 4. The molecule has 1 N–H and O–H groups in total. The normalized spacial score (nSPS) is 11.0. The van der Waals surface area contributed by atoms with Crippen molar-refractivity contribution in [3.8, 4) is 0 Å². The van der Waals surface area contributed by atoms with Gasteiger partial charge in [-0.05, 0) is 26.4 Å². The fourth-order valence-electron chi connectivity index (χ4n) is 1.89. The molecule has 0 saturated heterocycles. The van der Waals surface area contributed by atoms with E-state index in [0.29, 0.717) is 11.0 Å². The highest BCUT2D eigenvalue weighted by Gasteiger charge is 2.09. The first kappa shape index (κ1) is 15.2. The van der Waals surface area contributed by atoms with E-state index in [9.17, 15) is 0 Å². The summed E-state index contributed by atoms with van der Waals surface area (Å²) in [4.78, 5) is 11.0. The van der Waals surface area contributed by atoms with Gasteiger partial charge < -0.3 is 10.2 Å². The molecule has 102 valence electrons. The van der Waals surface area contributed by atoms with Crippen molar-refractivity contribution in [2.24, 2.45) is 0 Å². The zero-order valence-corrected chi connectivity index (χ0v) is 12.5. The minimum atomic E-state index is 0.565. The van der Waals surface area contributed by atoms with E-state index >= 15 is 0 Å². The van der Waals surface area contributed by atoms with Gasteiger partial charge in [0.05, 0.1) is 0 Å². The molecule has 4 nitrogen and oxygen atoms in total. The van der Waals surface area contributed by atoms with E-state index in [1.54, 1.807) is 0 Å². The van der Waals surface area contributed by atoms with E-state index in [-0.39, 0.29) is 0 Å². The van der Waals surface area contributed by atoms with Crippen LogP contribution in [0.25, 0.3) is 0 Å². The van der Waals surface area contributed by atoms with Crippen LogP contribution < -0.4 is 5.32 Å². The molecule has 0 amide bonds. The molecule has 0 spiro atoms. The summed E-state index contributed by atoms with van der Waals surface area (Å²) < 4.78 is 0. The largest absolute Gasteiger partial charge is 0.368 e. The molecule has 1 aromatic rings. The van der Waals surface area contributed by atoms with E-state index < -0.39 is 0 Å². The van der Waals surface area contributed by atoms with Gasteiger partial charge in [-0.1, -0.05) is 32.4 Å². The third-order valence-corrected chi connectivity index (χ3v) is 3.35. The SMILES string of the molecule is CCc1c(Cl)nc(C)nc1NCCN(CC)CC. The lowest BCUT2D eigenvalue weighted by Crippen LogP contribution is -2.29. The van der Waals surface area contributed by atoms with Gasteiger partial charge in [-0.15, -0.1) is 0 Å². The Hall–Kier alpha value is -0.870. The van der Waals surface area contributed by atoms with Crippen LogP contribution in [0.15, 0.2) is 0 Å². The quantitative estimate of drug-likeness (QED) is 0.774. The van der Waals surface area contributed by atoms with Crippen molar-refractivity contribution in [1.29, 1.82) is 0 Å². The van der Waals surface area contributed by atoms with Crippen LogP contribution in [-0.4, -0.2) is 41.0 Å². The third-order valence-electron chi connectivity index (χ3n) is 3.04. The molecule has 0 unspecified atom stereocenters. The Morgan fingerprint density at radius 3 is 2.39 bits per heavy atom. The fourth-order valence-corrected chi connectivity index (χ4v) is 2.24. The van der Waals surface area contributed by atoms with Gasteiger partial charge in [-0.25, -0.2) is 9.97 Å². The van der Waals surface area contributed by atoms with Gasteiger partial charge >= 0.3 is 0 Å². The average molecular weight is 271 g/mol. The number of aromatic nitrogens is 2. The van der Waals surface area contributed by atoms with Crippen molar-refractivity contribution < 1.29 is 0 Å². The van der Waals surface area contributed by atoms with E-state index in [2.05, 4.69) is 41.0 Å². The second-order valence-electron chi connectivity index (χ2n) is 4.20. The van der Waals surface area contributed by atoms with Gasteiger partial charge in [-0.2, -0.15) is 0 Å².